The summed E-state index contributed by atoms with van der Waals surface area (Å²) in [6.45, 7) is 6.98. The molecule has 0 spiro atoms. The monoisotopic (exact) mass is 321 g/mol. The molecule has 0 saturated carbocycles. The molecule has 0 bridgehead atoms. The van der Waals surface area contributed by atoms with Gasteiger partial charge in [-0.05, 0) is 50.7 Å². The summed E-state index contributed by atoms with van der Waals surface area (Å²) in [6.07, 6.45) is 0. The molecule has 0 aromatic heterocycles. The summed E-state index contributed by atoms with van der Waals surface area (Å²) < 4.78 is 13.2. The highest BCUT2D eigenvalue weighted by Gasteiger charge is 2.31. The van der Waals surface area contributed by atoms with Gasteiger partial charge in [-0.3, -0.25) is 4.79 Å². The van der Waals surface area contributed by atoms with E-state index in [4.69, 9.17) is 12.2 Å². The third kappa shape index (κ3) is 3.27. The Morgan fingerprint density at radius 2 is 1.86 bits per heavy atom. The van der Waals surface area contributed by atoms with Gasteiger partial charge in [0, 0.05) is 18.8 Å². The normalized spacial score (nSPS) is 17.8. The first-order chi connectivity index (χ1) is 10.5. The molecule has 0 aliphatic carbocycles. The standard InChI is InChI=1S/C16H20FN3OS/c1-4-20(5-2)15(21)13-10(3)18-16(22)19-14(13)11-6-8-12(17)9-7-11/h6-9,14H,4-5H2,1-3H3,(H2,18,19,22). The van der Waals surface area contributed by atoms with Gasteiger partial charge >= 0.3 is 0 Å². The number of benzene rings is 1. The van der Waals surface area contributed by atoms with E-state index in [1.165, 1.54) is 12.1 Å². The zero-order valence-corrected chi connectivity index (χ0v) is 13.8. The fraction of sp³-hybridized carbons (Fsp3) is 0.375. The number of nitrogens with zero attached hydrogens (tertiary/aromatic N) is 1. The highest BCUT2D eigenvalue weighted by atomic mass is 32.1. The van der Waals surface area contributed by atoms with E-state index in [9.17, 15) is 9.18 Å². The fourth-order valence-electron chi connectivity index (χ4n) is 2.56. The predicted molar refractivity (Wildman–Crippen MR) is 88.6 cm³/mol. The molecule has 1 atom stereocenters. The number of hydrogen-bond acceptors (Lipinski definition) is 2. The molecule has 1 heterocycles. The van der Waals surface area contributed by atoms with Crippen LogP contribution in [0.2, 0.25) is 0 Å². The van der Waals surface area contributed by atoms with Crippen molar-refractivity contribution in [3.63, 3.8) is 0 Å². The van der Waals surface area contributed by atoms with Gasteiger partial charge in [0.1, 0.15) is 5.82 Å². The summed E-state index contributed by atoms with van der Waals surface area (Å²) in [4.78, 5) is 14.6. The molecule has 1 aliphatic heterocycles. The highest BCUT2D eigenvalue weighted by molar-refractivity contribution is 7.80. The Morgan fingerprint density at radius 3 is 2.41 bits per heavy atom. The van der Waals surface area contributed by atoms with Crippen LogP contribution in [-0.4, -0.2) is 29.0 Å². The van der Waals surface area contributed by atoms with E-state index >= 15 is 0 Å². The SMILES string of the molecule is CCN(CC)C(=O)C1=C(C)NC(=S)NC1c1ccc(F)cc1. The molecule has 1 aromatic rings. The van der Waals surface area contributed by atoms with Crippen LogP contribution in [0.4, 0.5) is 4.39 Å². The molecule has 1 aliphatic rings. The Bertz CT molecular complexity index is 608. The predicted octanol–water partition coefficient (Wildman–Crippen LogP) is 2.49. The van der Waals surface area contributed by atoms with Gasteiger partial charge in [-0.15, -0.1) is 0 Å². The Kier molecular flexibility index (Phi) is 5.13. The molecule has 4 nitrogen and oxygen atoms in total. The van der Waals surface area contributed by atoms with Crippen molar-refractivity contribution in [2.75, 3.05) is 13.1 Å². The lowest BCUT2D eigenvalue weighted by atomic mass is 9.94. The lowest BCUT2D eigenvalue weighted by Crippen LogP contribution is -2.47. The van der Waals surface area contributed by atoms with Gasteiger partial charge in [-0.1, -0.05) is 12.1 Å². The van der Waals surface area contributed by atoms with Crippen LogP contribution >= 0.6 is 12.2 Å². The van der Waals surface area contributed by atoms with Crippen LogP contribution in [0.3, 0.4) is 0 Å². The van der Waals surface area contributed by atoms with Crippen molar-refractivity contribution in [1.29, 1.82) is 0 Å². The van der Waals surface area contributed by atoms with Gasteiger partial charge in [-0.25, -0.2) is 4.39 Å². The second-order valence-corrected chi connectivity index (χ2v) is 5.51. The molecule has 1 aromatic carbocycles. The number of carbonyl (C=O) groups excluding carboxylic acids is 1. The van der Waals surface area contributed by atoms with Crippen molar-refractivity contribution in [2.45, 2.75) is 26.8 Å². The molecule has 2 rings (SSSR count). The third-order valence-electron chi connectivity index (χ3n) is 3.75. The molecule has 22 heavy (non-hydrogen) atoms. The number of halogens is 1. The average Bonchev–Trinajstić information content (AvgIpc) is 2.48. The zero-order valence-electron chi connectivity index (χ0n) is 12.9. The minimum atomic E-state index is -0.373. The van der Waals surface area contributed by atoms with Crippen molar-refractivity contribution in [1.82, 2.24) is 15.5 Å². The van der Waals surface area contributed by atoms with E-state index in [1.54, 1.807) is 17.0 Å². The van der Waals surface area contributed by atoms with Crippen molar-refractivity contribution >= 4 is 23.2 Å². The van der Waals surface area contributed by atoms with Gasteiger partial charge in [0.2, 0.25) is 0 Å². The summed E-state index contributed by atoms with van der Waals surface area (Å²) in [5.41, 5.74) is 2.15. The lowest BCUT2D eigenvalue weighted by Gasteiger charge is -2.33. The summed E-state index contributed by atoms with van der Waals surface area (Å²) in [5.74, 6) is -0.350. The molecular formula is C16H20FN3OS. The van der Waals surface area contributed by atoms with Crippen LogP contribution in [0.1, 0.15) is 32.4 Å². The first kappa shape index (κ1) is 16.4. The summed E-state index contributed by atoms with van der Waals surface area (Å²) in [7, 11) is 0. The maximum atomic E-state index is 13.2. The van der Waals surface area contributed by atoms with E-state index in [0.29, 0.717) is 23.8 Å². The Labute approximate surface area is 135 Å². The number of nitrogens with one attached hydrogen (secondary N) is 2. The number of thiocarbonyl (C=S) groups is 1. The van der Waals surface area contributed by atoms with Crippen molar-refractivity contribution in [3.8, 4) is 0 Å². The van der Waals surface area contributed by atoms with Crippen molar-refractivity contribution in [2.24, 2.45) is 0 Å². The van der Waals surface area contributed by atoms with Gasteiger partial charge in [0.15, 0.2) is 5.11 Å². The van der Waals surface area contributed by atoms with Gasteiger partial charge < -0.3 is 15.5 Å². The van der Waals surface area contributed by atoms with Crippen LogP contribution in [0.15, 0.2) is 35.5 Å². The maximum Gasteiger partial charge on any atom is 0.253 e. The summed E-state index contributed by atoms with van der Waals surface area (Å²) in [6, 6.07) is 5.74. The minimum Gasteiger partial charge on any atom is -0.351 e. The highest BCUT2D eigenvalue weighted by Crippen LogP contribution is 2.28. The topological polar surface area (TPSA) is 44.4 Å². The number of allylic oxidation sites excluding steroid dienone is 1. The van der Waals surface area contributed by atoms with Crippen molar-refractivity contribution in [3.05, 3.63) is 46.9 Å². The molecule has 6 heteroatoms. The number of rotatable bonds is 4. The molecule has 2 N–H and O–H groups in total. The Hall–Kier alpha value is -1.95. The smallest absolute Gasteiger partial charge is 0.253 e. The summed E-state index contributed by atoms with van der Waals surface area (Å²) >= 11 is 5.19. The molecule has 118 valence electrons. The molecule has 1 amide bonds. The zero-order chi connectivity index (χ0) is 16.3. The van der Waals surface area contributed by atoms with E-state index in [0.717, 1.165) is 11.3 Å². The third-order valence-corrected chi connectivity index (χ3v) is 3.97. The largest absolute Gasteiger partial charge is 0.351 e. The second kappa shape index (κ2) is 6.87. The molecule has 0 saturated heterocycles. The molecule has 1 unspecified atom stereocenters. The Morgan fingerprint density at radius 1 is 1.27 bits per heavy atom. The van der Waals surface area contributed by atoms with Gasteiger partial charge in [0.05, 0.1) is 11.6 Å². The second-order valence-electron chi connectivity index (χ2n) is 5.10. The van der Waals surface area contributed by atoms with E-state index in [1.807, 2.05) is 20.8 Å². The van der Waals surface area contributed by atoms with Gasteiger partial charge in [-0.2, -0.15) is 0 Å². The first-order valence-electron chi connectivity index (χ1n) is 7.30. The number of amides is 1. The molecule has 0 radical (unpaired) electrons. The Balaban J connectivity index is 2.45. The van der Waals surface area contributed by atoms with Crippen LogP contribution in [-0.2, 0) is 4.79 Å². The molecular weight excluding hydrogens is 301 g/mol. The fourth-order valence-corrected chi connectivity index (χ4v) is 2.83. The molecule has 0 fully saturated rings. The van der Waals surface area contributed by atoms with E-state index in [-0.39, 0.29) is 17.8 Å². The maximum absolute atomic E-state index is 13.2. The van der Waals surface area contributed by atoms with Crippen LogP contribution < -0.4 is 10.6 Å². The lowest BCUT2D eigenvalue weighted by molar-refractivity contribution is -0.127. The van der Waals surface area contributed by atoms with E-state index < -0.39 is 0 Å². The quantitative estimate of drug-likeness (QED) is 0.836. The van der Waals surface area contributed by atoms with E-state index in [2.05, 4.69) is 10.6 Å². The number of carbonyl (C=O) groups is 1. The van der Waals surface area contributed by atoms with Crippen molar-refractivity contribution < 1.29 is 9.18 Å². The van der Waals surface area contributed by atoms with Crippen LogP contribution in [0.5, 0.6) is 0 Å². The van der Waals surface area contributed by atoms with Gasteiger partial charge in [0.25, 0.3) is 5.91 Å². The van der Waals surface area contributed by atoms with Crippen LogP contribution in [0.25, 0.3) is 0 Å². The average molecular weight is 321 g/mol. The minimum absolute atomic E-state index is 0.0423. The summed E-state index contributed by atoms with van der Waals surface area (Å²) in [5, 5.41) is 6.57. The van der Waals surface area contributed by atoms with Crippen LogP contribution in [0, 0.1) is 5.82 Å². The number of hydrogen-bond donors (Lipinski definition) is 2. The first-order valence-corrected chi connectivity index (χ1v) is 7.71. The number of likely N-dealkylation sites (N-methyl/N-ethyl adjacent to an activating group) is 1.